The molecule has 1 heterocycles. The van der Waals surface area contributed by atoms with E-state index in [0.29, 0.717) is 0 Å². The quantitative estimate of drug-likeness (QED) is 0.828. The molecular weight excluding hydrogens is 252 g/mol. The van der Waals surface area contributed by atoms with E-state index < -0.39 is 17.4 Å². The summed E-state index contributed by atoms with van der Waals surface area (Å²) in [5, 5.41) is 20.6. The molecule has 0 aliphatic rings. The van der Waals surface area contributed by atoms with Gasteiger partial charge in [-0.25, -0.2) is 0 Å². The summed E-state index contributed by atoms with van der Waals surface area (Å²) in [5.41, 5.74) is -1.79. The Hall–Kier alpha value is -2.14. The van der Waals surface area contributed by atoms with E-state index in [9.17, 15) is 19.8 Å². The van der Waals surface area contributed by atoms with Crippen molar-refractivity contribution >= 4 is 23.3 Å². The van der Waals surface area contributed by atoms with Gasteiger partial charge in [0.1, 0.15) is 0 Å². The van der Waals surface area contributed by atoms with Crippen molar-refractivity contribution in [2.75, 3.05) is 0 Å². The van der Waals surface area contributed by atoms with E-state index in [1.54, 1.807) is 29.6 Å². The number of aliphatic carboxylic acids is 2. The molecule has 0 radical (unpaired) electrons. The summed E-state index contributed by atoms with van der Waals surface area (Å²) in [6.45, 7) is 0. The van der Waals surface area contributed by atoms with Crippen molar-refractivity contribution in [3.63, 3.8) is 0 Å². The number of carboxylic acid groups (broad SMARTS) is 2. The lowest BCUT2D eigenvalue weighted by atomic mass is 9.79. The monoisotopic (exact) mass is 262 g/mol. The first-order valence-electron chi connectivity index (χ1n) is 5.16. The number of hydrogen-bond acceptors (Lipinski definition) is 3. The molecule has 1 aromatic heterocycles. The average molecular weight is 262 g/mol. The van der Waals surface area contributed by atoms with Gasteiger partial charge in [0.05, 0.1) is 0 Å². The third-order valence-corrected chi connectivity index (χ3v) is 3.73. The van der Waals surface area contributed by atoms with Crippen LogP contribution in [-0.4, -0.2) is 22.2 Å². The van der Waals surface area contributed by atoms with Crippen LogP contribution in [-0.2, 0) is 15.0 Å². The molecule has 0 aliphatic heterocycles. The number of carbonyl (C=O) groups is 2. The summed E-state index contributed by atoms with van der Waals surface area (Å²) in [5.74, 6) is -2.77. The highest BCUT2D eigenvalue weighted by molar-refractivity contribution is 7.10. The van der Waals surface area contributed by atoms with Gasteiger partial charge in [0.15, 0.2) is 0 Å². The molecule has 2 rings (SSSR count). The van der Waals surface area contributed by atoms with Crippen LogP contribution in [0.15, 0.2) is 47.8 Å². The van der Waals surface area contributed by atoms with Crippen LogP contribution in [0.2, 0.25) is 0 Å². The van der Waals surface area contributed by atoms with Gasteiger partial charge in [-0.15, -0.1) is 11.3 Å². The Morgan fingerprint density at radius 2 is 1.56 bits per heavy atom. The standard InChI is InChI=1S/C13H10O4S/c14-11(15)13(12(16)17,10-7-4-8-18-10)9-5-2-1-3-6-9/h1-8H,(H,14,15)(H,16,17). The fraction of sp³-hybridized carbons (Fsp3) is 0.0769. The zero-order valence-corrected chi connectivity index (χ0v) is 10.1. The molecule has 0 bridgehead atoms. The Morgan fingerprint density at radius 3 is 2.00 bits per heavy atom. The smallest absolute Gasteiger partial charge is 0.331 e. The van der Waals surface area contributed by atoms with Gasteiger partial charge in [-0.2, -0.15) is 0 Å². The second-order valence-corrected chi connectivity index (χ2v) is 4.65. The molecule has 0 atom stereocenters. The minimum Gasteiger partial charge on any atom is -0.480 e. The Bertz CT molecular complexity index is 546. The predicted octanol–water partition coefficient (Wildman–Crippen LogP) is 2.20. The SMILES string of the molecule is O=C(O)C(C(=O)O)(c1ccccc1)c1cccs1. The van der Waals surface area contributed by atoms with E-state index >= 15 is 0 Å². The van der Waals surface area contributed by atoms with E-state index in [2.05, 4.69) is 0 Å². The first-order valence-corrected chi connectivity index (χ1v) is 6.04. The summed E-state index contributed by atoms with van der Waals surface area (Å²) in [7, 11) is 0. The zero-order chi connectivity index (χ0) is 13.2. The van der Waals surface area contributed by atoms with Gasteiger partial charge in [-0.1, -0.05) is 36.4 Å². The van der Waals surface area contributed by atoms with E-state index in [4.69, 9.17) is 0 Å². The minimum atomic E-state index is -2.03. The largest absolute Gasteiger partial charge is 0.480 e. The molecule has 2 N–H and O–H groups in total. The minimum absolute atomic E-state index is 0.243. The van der Waals surface area contributed by atoms with E-state index in [1.807, 2.05) is 0 Å². The summed E-state index contributed by atoms with van der Waals surface area (Å²) >= 11 is 1.12. The Labute approximate surface area is 107 Å². The predicted molar refractivity (Wildman–Crippen MR) is 66.8 cm³/mol. The molecule has 0 aliphatic carbocycles. The van der Waals surface area contributed by atoms with Gasteiger partial charge in [-0.05, 0) is 17.0 Å². The van der Waals surface area contributed by atoms with Gasteiger partial charge in [-0.3, -0.25) is 9.59 Å². The molecule has 5 heteroatoms. The van der Waals surface area contributed by atoms with Crippen molar-refractivity contribution in [2.45, 2.75) is 5.41 Å². The molecule has 1 aromatic carbocycles. The summed E-state index contributed by atoms with van der Waals surface area (Å²) in [6, 6.07) is 11.2. The fourth-order valence-electron chi connectivity index (χ4n) is 1.87. The normalized spacial score (nSPS) is 11.1. The third kappa shape index (κ3) is 1.69. The first-order chi connectivity index (χ1) is 8.60. The van der Waals surface area contributed by atoms with Gasteiger partial charge in [0.25, 0.3) is 0 Å². The van der Waals surface area contributed by atoms with Crippen molar-refractivity contribution in [3.05, 3.63) is 58.3 Å². The van der Waals surface area contributed by atoms with Crippen LogP contribution in [0.3, 0.4) is 0 Å². The van der Waals surface area contributed by atoms with Crippen LogP contribution in [0, 0.1) is 0 Å². The van der Waals surface area contributed by atoms with Crippen molar-refractivity contribution in [1.82, 2.24) is 0 Å². The molecule has 0 unspecified atom stereocenters. The van der Waals surface area contributed by atoms with Crippen molar-refractivity contribution < 1.29 is 19.8 Å². The summed E-state index contributed by atoms with van der Waals surface area (Å²) in [6.07, 6.45) is 0. The Kier molecular flexibility index (Phi) is 3.16. The van der Waals surface area contributed by atoms with E-state index in [0.717, 1.165) is 11.3 Å². The maximum Gasteiger partial charge on any atom is 0.331 e. The number of carboxylic acids is 2. The zero-order valence-electron chi connectivity index (χ0n) is 9.24. The Morgan fingerprint density at radius 1 is 0.944 bits per heavy atom. The topological polar surface area (TPSA) is 74.6 Å². The first kappa shape index (κ1) is 12.3. The second kappa shape index (κ2) is 4.62. The average Bonchev–Trinajstić information content (AvgIpc) is 2.84. The Balaban J connectivity index is 2.74. The molecule has 0 fully saturated rings. The second-order valence-electron chi connectivity index (χ2n) is 3.70. The molecule has 4 nitrogen and oxygen atoms in total. The third-order valence-electron chi connectivity index (χ3n) is 2.74. The highest BCUT2D eigenvalue weighted by Crippen LogP contribution is 2.36. The van der Waals surface area contributed by atoms with Gasteiger partial charge in [0.2, 0.25) is 5.41 Å². The molecule has 0 amide bonds. The summed E-state index contributed by atoms with van der Waals surface area (Å²) in [4.78, 5) is 23.5. The van der Waals surface area contributed by atoms with Crippen LogP contribution in [0.5, 0.6) is 0 Å². The van der Waals surface area contributed by atoms with E-state index in [1.165, 1.54) is 18.2 Å². The lowest BCUT2D eigenvalue weighted by Gasteiger charge is -2.24. The lowest BCUT2D eigenvalue weighted by Crippen LogP contribution is -2.44. The van der Waals surface area contributed by atoms with Crippen molar-refractivity contribution in [3.8, 4) is 0 Å². The molecule has 92 valence electrons. The van der Waals surface area contributed by atoms with Crippen molar-refractivity contribution in [2.24, 2.45) is 0 Å². The molecular formula is C13H10O4S. The number of thiophene rings is 1. The number of rotatable bonds is 4. The van der Waals surface area contributed by atoms with Crippen LogP contribution >= 0.6 is 11.3 Å². The van der Waals surface area contributed by atoms with Crippen LogP contribution < -0.4 is 0 Å². The molecule has 0 saturated carbocycles. The van der Waals surface area contributed by atoms with E-state index in [-0.39, 0.29) is 10.4 Å². The van der Waals surface area contributed by atoms with Crippen LogP contribution in [0.1, 0.15) is 10.4 Å². The molecule has 2 aromatic rings. The molecule has 0 saturated heterocycles. The number of benzene rings is 1. The van der Waals surface area contributed by atoms with Crippen molar-refractivity contribution in [1.29, 1.82) is 0 Å². The van der Waals surface area contributed by atoms with Gasteiger partial charge in [0, 0.05) is 4.88 Å². The highest BCUT2D eigenvalue weighted by atomic mass is 32.1. The van der Waals surface area contributed by atoms with Crippen LogP contribution in [0.4, 0.5) is 0 Å². The van der Waals surface area contributed by atoms with Crippen LogP contribution in [0.25, 0.3) is 0 Å². The summed E-state index contributed by atoms with van der Waals surface area (Å²) < 4.78 is 0. The molecule has 0 spiro atoms. The molecule has 18 heavy (non-hydrogen) atoms. The van der Waals surface area contributed by atoms with Gasteiger partial charge < -0.3 is 10.2 Å². The van der Waals surface area contributed by atoms with Gasteiger partial charge >= 0.3 is 11.9 Å². The highest BCUT2D eigenvalue weighted by Gasteiger charge is 2.50. The maximum atomic E-state index is 11.6. The number of hydrogen-bond donors (Lipinski definition) is 2. The lowest BCUT2D eigenvalue weighted by molar-refractivity contribution is -0.155. The maximum absolute atomic E-state index is 11.6. The fourth-order valence-corrected chi connectivity index (χ4v) is 2.80.